The fourth-order valence-electron chi connectivity index (χ4n) is 4.73. The van der Waals surface area contributed by atoms with Crippen molar-refractivity contribution in [1.82, 2.24) is 4.90 Å². The van der Waals surface area contributed by atoms with Crippen LogP contribution in [0.15, 0.2) is 76.5 Å². The Kier molecular flexibility index (Phi) is 6.30. The number of para-hydroxylation sites is 2. The van der Waals surface area contributed by atoms with Crippen molar-refractivity contribution in [1.29, 1.82) is 0 Å². The molecule has 2 heterocycles. The summed E-state index contributed by atoms with van der Waals surface area (Å²) >= 11 is 0. The first kappa shape index (κ1) is 23.1. The molecule has 1 atom stereocenters. The third kappa shape index (κ3) is 4.08. The topological polar surface area (TPSA) is 70.2 Å². The maximum Gasteiger partial charge on any atom is 0.259 e. The number of piperazine rings is 1. The molecule has 180 valence electrons. The first-order valence-electron chi connectivity index (χ1n) is 11.7. The van der Waals surface area contributed by atoms with Crippen molar-refractivity contribution in [2.24, 2.45) is 0 Å². The summed E-state index contributed by atoms with van der Waals surface area (Å²) in [5.41, 5.74) is 2.48. The van der Waals surface area contributed by atoms with Crippen LogP contribution in [0.3, 0.4) is 0 Å². The van der Waals surface area contributed by atoms with Crippen LogP contribution in [0, 0.1) is 0 Å². The van der Waals surface area contributed by atoms with E-state index in [1.807, 2.05) is 36.1 Å². The quantitative estimate of drug-likeness (QED) is 0.558. The number of nitrogens with zero attached hydrogens (tertiary/aromatic N) is 3. The van der Waals surface area contributed by atoms with Crippen LogP contribution >= 0.6 is 0 Å². The summed E-state index contributed by atoms with van der Waals surface area (Å²) in [4.78, 5) is 33.4. The highest BCUT2D eigenvalue weighted by molar-refractivity contribution is 7.85. The Bertz CT molecular complexity index is 1320. The molecule has 3 aromatic carbocycles. The fraction of sp³-hybridized carbons (Fsp3) is 0.259. The number of hydrogen-bond acceptors (Lipinski definition) is 5. The number of fused-ring (bicyclic) bond motifs is 2. The highest BCUT2D eigenvalue weighted by atomic mass is 32.2. The minimum absolute atomic E-state index is 0.0940. The molecule has 0 saturated carbocycles. The second-order valence-corrected chi connectivity index (χ2v) is 9.87. The molecular weight excluding hydrogens is 462 g/mol. The Hall–Kier alpha value is -3.65. The van der Waals surface area contributed by atoms with Gasteiger partial charge in [-0.05, 0) is 49.4 Å². The zero-order valence-corrected chi connectivity index (χ0v) is 20.6. The zero-order valence-electron chi connectivity index (χ0n) is 19.8. The Balaban J connectivity index is 1.40. The van der Waals surface area contributed by atoms with Gasteiger partial charge in [-0.2, -0.15) is 0 Å². The highest BCUT2D eigenvalue weighted by Gasteiger charge is 2.31. The van der Waals surface area contributed by atoms with Gasteiger partial charge in [-0.25, -0.2) is 4.21 Å². The van der Waals surface area contributed by atoms with E-state index in [-0.39, 0.29) is 11.8 Å². The van der Waals surface area contributed by atoms with Crippen molar-refractivity contribution in [2.45, 2.75) is 16.7 Å². The van der Waals surface area contributed by atoms with Gasteiger partial charge in [-0.3, -0.25) is 9.59 Å². The number of ether oxygens (including phenoxy) is 1. The number of benzene rings is 3. The maximum absolute atomic E-state index is 13.4. The SMILES string of the molecule is CCN1C(=O)c2ccccc2[S@@](=O)c2ccc(C(=O)N3CCN(c4ccccc4OC)CC3)cc21. The molecule has 0 unspecified atom stereocenters. The third-order valence-electron chi connectivity index (χ3n) is 6.57. The molecule has 1 fully saturated rings. The van der Waals surface area contributed by atoms with Gasteiger partial charge in [-0.1, -0.05) is 24.3 Å². The third-order valence-corrected chi connectivity index (χ3v) is 8.07. The number of hydrogen-bond donors (Lipinski definition) is 0. The van der Waals surface area contributed by atoms with Crippen LogP contribution in [0.25, 0.3) is 0 Å². The predicted octanol–water partition coefficient (Wildman–Crippen LogP) is 3.80. The van der Waals surface area contributed by atoms with Gasteiger partial charge in [-0.15, -0.1) is 0 Å². The van der Waals surface area contributed by atoms with E-state index in [1.165, 1.54) is 0 Å². The lowest BCUT2D eigenvalue weighted by molar-refractivity contribution is 0.0746. The van der Waals surface area contributed by atoms with Crippen LogP contribution < -0.4 is 14.5 Å². The Morgan fingerprint density at radius 3 is 2.37 bits per heavy atom. The van der Waals surface area contributed by atoms with Crippen LogP contribution in [0.1, 0.15) is 27.6 Å². The van der Waals surface area contributed by atoms with E-state index in [0.29, 0.717) is 59.3 Å². The van der Waals surface area contributed by atoms with E-state index < -0.39 is 10.8 Å². The zero-order chi connectivity index (χ0) is 24.5. The molecule has 8 heteroatoms. The average molecular weight is 490 g/mol. The molecule has 0 N–H and O–H groups in total. The first-order chi connectivity index (χ1) is 17.0. The smallest absolute Gasteiger partial charge is 0.259 e. The first-order valence-corrected chi connectivity index (χ1v) is 12.8. The molecule has 2 aliphatic heterocycles. The molecule has 3 aromatic rings. The van der Waals surface area contributed by atoms with E-state index in [9.17, 15) is 13.8 Å². The summed E-state index contributed by atoms with van der Waals surface area (Å²) in [6, 6.07) is 20.0. The van der Waals surface area contributed by atoms with E-state index in [2.05, 4.69) is 4.90 Å². The van der Waals surface area contributed by atoms with Crippen LogP contribution in [-0.4, -0.2) is 60.8 Å². The van der Waals surface area contributed by atoms with Gasteiger partial charge in [0.1, 0.15) is 5.75 Å². The van der Waals surface area contributed by atoms with E-state index in [4.69, 9.17) is 4.74 Å². The molecular formula is C27H27N3O4S. The van der Waals surface area contributed by atoms with Crippen LogP contribution in [0.5, 0.6) is 5.75 Å². The van der Waals surface area contributed by atoms with Gasteiger partial charge in [0.05, 0.1) is 44.6 Å². The van der Waals surface area contributed by atoms with Crippen LogP contribution in [-0.2, 0) is 10.8 Å². The van der Waals surface area contributed by atoms with Gasteiger partial charge < -0.3 is 19.4 Å². The normalized spacial score (nSPS) is 17.5. The van der Waals surface area contributed by atoms with Crippen molar-refractivity contribution in [3.63, 3.8) is 0 Å². The van der Waals surface area contributed by atoms with Gasteiger partial charge in [0.25, 0.3) is 11.8 Å². The Morgan fingerprint density at radius 1 is 0.914 bits per heavy atom. The molecule has 0 aliphatic carbocycles. The van der Waals surface area contributed by atoms with Crippen LogP contribution in [0.4, 0.5) is 11.4 Å². The fourth-order valence-corrected chi connectivity index (χ4v) is 6.08. The number of amides is 2. The van der Waals surface area contributed by atoms with Crippen molar-refractivity contribution in [3.8, 4) is 5.75 Å². The van der Waals surface area contributed by atoms with Crippen molar-refractivity contribution in [2.75, 3.05) is 49.6 Å². The maximum atomic E-state index is 13.4. The number of carbonyl (C=O) groups is 2. The molecule has 0 spiro atoms. The molecule has 5 rings (SSSR count). The standard InChI is InChI=1S/C27H27N3O4S/c1-3-30-22-18-19(12-13-25(22)35(33)24-11-7-4-8-20(24)27(30)32)26(31)29-16-14-28(15-17-29)21-9-5-6-10-23(21)34-2/h4-13,18H,3,14-17H2,1-2H3/t35-/m1/s1. The Morgan fingerprint density at radius 2 is 1.63 bits per heavy atom. The molecule has 35 heavy (non-hydrogen) atoms. The van der Waals surface area contributed by atoms with Gasteiger partial charge >= 0.3 is 0 Å². The summed E-state index contributed by atoms with van der Waals surface area (Å²) < 4.78 is 18.8. The number of carbonyl (C=O) groups excluding carboxylic acids is 2. The monoisotopic (exact) mass is 489 g/mol. The Labute approximate surface area is 207 Å². The summed E-state index contributed by atoms with van der Waals surface area (Å²) in [5, 5.41) is 0. The van der Waals surface area contributed by atoms with Crippen molar-refractivity contribution < 1.29 is 18.5 Å². The summed E-state index contributed by atoms with van der Waals surface area (Å²) in [6.07, 6.45) is 0. The molecule has 0 aromatic heterocycles. The number of methoxy groups -OCH3 is 1. The van der Waals surface area contributed by atoms with Gasteiger partial charge in [0.15, 0.2) is 0 Å². The molecule has 0 bridgehead atoms. The van der Waals surface area contributed by atoms with E-state index in [1.54, 1.807) is 54.5 Å². The largest absolute Gasteiger partial charge is 0.495 e. The van der Waals surface area contributed by atoms with Crippen molar-refractivity contribution in [3.05, 3.63) is 77.9 Å². The molecule has 7 nitrogen and oxygen atoms in total. The van der Waals surface area contributed by atoms with E-state index >= 15 is 0 Å². The number of anilines is 2. The van der Waals surface area contributed by atoms with Crippen LogP contribution in [0.2, 0.25) is 0 Å². The minimum atomic E-state index is -1.51. The predicted molar refractivity (Wildman–Crippen MR) is 136 cm³/mol. The summed E-state index contributed by atoms with van der Waals surface area (Å²) in [7, 11) is 0.148. The lowest BCUT2D eigenvalue weighted by atomic mass is 10.1. The molecule has 2 aliphatic rings. The average Bonchev–Trinajstić information content (AvgIpc) is 3.00. The lowest BCUT2D eigenvalue weighted by Crippen LogP contribution is -2.48. The summed E-state index contributed by atoms with van der Waals surface area (Å²) in [6.45, 7) is 4.81. The second kappa shape index (κ2) is 9.54. The minimum Gasteiger partial charge on any atom is -0.495 e. The number of rotatable bonds is 4. The van der Waals surface area contributed by atoms with Crippen molar-refractivity contribution >= 4 is 34.0 Å². The molecule has 2 amide bonds. The summed E-state index contributed by atoms with van der Waals surface area (Å²) in [5.74, 6) is 0.519. The highest BCUT2D eigenvalue weighted by Crippen LogP contribution is 2.35. The van der Waals surface area contributed by atoms with Gasteiger partial charge in [0.2, 0.25) is 0 Å². The van der Waals surface area contributed by atoms with E-state index in [0.717, 1.165) is 11.4 Å². The molecule has 0 radical (unpaired) electrons. The molecule has 1 saturated heterocycles. The van der Waals surface area contributed by atoms with Gasteiger partial charge in [0, 0.05) is 38.3 Å². The second-order valence-electron chi connectivity index (χ2n) is 8.45. The lowest BCUT2D eigenvalue weighted by Gasteiger charge is -2.36.